The van der Waals surface area contributed by atoms with Crippen LogP contribution in [0.15, 0.2) is 95.4 Å². The predicted octanol–water partition coefficient (Wildman–Crippen LogP) is 15.8. The topological polar surface area (TPSA) is 28.4 Å². The molecule has 1 aliphatic heterocycles. The van der Waals surface area contributed by atoms with Crippen molar-refractivity contribution in [1.29, 1.82) is 0 Å². The van der Waals surface area contributed by atoms with Crippen LogP contribution in [0, 0.1) is 13.8 Å². The molecule has 0 unspecified atom stereocenters. The lowest BCUT2D eigenvalue weighted by Crippen LogP contribution is -2.42. The van der Waals surface area contributed by atoms with Crippen molar-refractivity contribution >= 4 is 68.6 Å². The van der Waals surface area contributed by atoms with E-state index in [1.54, 1.807) is 0 Å². The number of nitrogens with zero attached hydrogens (tertiary/aromatic N) is 1. The Bertz CT molecular complexity index is 3190. The second-order valence-corrected chi connectivity index (χ2v) is 25.2. The van der Waals surface area contributed by atoms with Gasteiger partial charge in [0.2, 0.25) is 0 Å². The van der Waals surface area contributed by atoms with E-state index in [0.29, 0.717) is 0 Å². The van der Waals surface area contributed by atoms with Gasteiger partial charge in [-0.25, -0.2) is 0 Å². The summed E-state index contributed by atoms with van der Waals surface area (Å²) < 4.78 is 6.67. The van der Waals surface area contributed by atoms with Gasteiger partial charge in [0.05, 0.1) is 11.1 Å². The molecule has 3 aliphatic carbocycles. The van der Waals surface area contributed by atoms with Crippen LogP contribution in [0.25, 0.3) is 33.1 Å². The highest BCUT2D eigenvalue weighted by molar-refractivity contribution is 6.74. The molecule has 0 saturated heterocycles. The Morgan fingerprint density at radius 1 is 0.500 bits per heavy atom. The largest absolute Gasteiger partial charge is 0.456 e. The van der Waals surface area contributed by atoms with E-state index in [0.717, 1.165) is 18.4 Å². The molecule has 3 nitrogen and oxygen atoms in total. The molecule has 4 heteroatoms. The van der Waals surface area contributed by atoms with Crippen LogP contribution in [0.2, 0.25) is 0 Å². The molecule has 0 radical (unpaired) electrons. The zero-order chi connectivity index (χ0) is 46.7. The van der Waals surface area contributed by atoms with E-state index in [4.69, 9.17) is 4.42 Å². The van der Waals surface area contributed by atoms with E-state index in [-0.39, 0.29) is 32.5 Å². The average molecular weight is 871 g/mol. The van der Waals surface area contributed by atoms with Gasteiger partial charge in [-0.2, -0.15) is 0 Å². The first-order valence-corrected chi connectivity index (χ1v) is 25.1. The molecule has 0 fully saturated rings. The van der Waals surface area contributed by atoms with Gasteiger partial charge >= 0.3 is 0 Å². The maximum absolute atomic E-state index is 6.67. The molecule has 0 amide bonds. The van der Waals surface area contributed by atoms with Gasteiger partial charge in [0.25, 0.3) is 0 Å². The number of hydrogen-bond acceptors (Lipinski definition) is 3. The van der Waals surface area contributed by atoms with Gasteiger partial charge in [-0.1, -0.05) is 131 Å². The predicted molar refractivity (Wildman–Crippen MR) is 285 cm³/mol. The lowest BCUT2D eigenvalue weighted by atomic mass is 9.57. The van der Waals surface area contributed by atoms with Crippen molar-refractivity contribution in [1.82, 2.24) is 0 Å². The van der Waals surface area contributed by atoms with E-state index in [2.05, 4.69) is 198 Å². The van der Waals surface area contributed by atoms with Gasteiger partial charge in [0, 0.05) is 33.7 Å². The third kappa shape index (κ3) is 6.57. The summed E-state index contributed by atoms with van der Waals surface area (Å²) in [6, 6.07) is 35.7. The summed E-state index contributed by atoms with van der Waals surface area (Å²) in [6.45, 7) is 34.1. The summed E-state index contributed by atoms with van der Waals surface area (Å²) in [6.07, 6.45) is 7.10. The van der Waals surface area contributed by atoms with Gasteiger partial charge in [-0.15, -0.1) is 0 Å². The fourth-order valence-electron chi connectivity index (χ4n) is 12.9. The molecular weight excluding hydrogens is 800 g/mol. The number of fused-ring (bicyclic) bond motifs is 9. The fourth-order valence-corrected chi connectivity index (χ4v) is 12.9. The van der Waals surface area contributed by atoms with E-state index >= 15 is 0 Å². The standard InChI is InChI=1S/C62H71BN2O/c1-36-29-41(40-33-45-46(61(11,12)27-26-60(45,9)10)34-49(40)64-38-19-20-42-44(32-38)59(7,8)24-23-57(42,3)4)55-51(30-36)65(50-35-47-43(31-37(50)2)58(5,6)25-28-62(47,13)14)56-48(63-55)21-22-53-54(56)39-17-15-16-18-52(39)66-53/h15-22,29-35,63-64H,23-28H2,1-14H3. The summed E-state index contributed by atoms with van der Waals surface area (Å²) in [5.74, 6) is 0. The molecule has 0 bridgehead atoms. The molecule has 0 saturated carbocycles. The zero-order valence-electron chi connectivity index (χ0n) is 42.5. The maximum atomic E-state index is 6.67. The number of aryl methyl sites for hydroxylation is 2. The molecule has 6 aromatic carbocycles. The van der Waals surface area contributed by atoms with Gasteiger partial charge in [0.1, 0.15) is 11.2 Å². The summed E-state index contributed by atoms with van der Waals surface area (Å²) in [5, 5.41) is 6.54. The number of benzene rings is 6. The van der Waals surface area contributed by atoms with Crippen molar-refractivity contribution in [3.8, 4) is 11.1 Å². The summed E-state index contributed by atoms with van der Waals surface area (Å²) >= 11 is 0. The summed E-state index contributed by atoms with van der Waals surface area (Å²) in [5.41, 5.74) is 25.4. The van der Waals surface area contributed by atoms with Crippen LogP contribution in [0.5, 0.6) is 0 Å². The van der Waals surface area contributed by atoms with Gasteiger partial charge < -0.3 is 14.6 Å². The third-order valence-electron chi connectivity index (χ3n) is 17.6. The first-order chi connectivity index (χ1) is 31.0. The highest BCUT2D eigenvalue weighted by atomic mass is 16.3. The van der Waals surface area contributed by atoms with Crippen molar-refractivity contribution in [2.24, 2.45) is 0 Å². The molecule has 338 valence electrons. The molecule has 0 spiro atoms. The minimum atomic E-state index is 0.0524. The smallest absolute Gasteiger partial charge is 0.198 e. The van der Waals surface area contributed by atoms with E-state index in [1.807, 2.05) is 0 Å². The first kappa shape index (κ1) is 43.4. The molecule has 4 aliphatic rings. The van der Waals surface area contributed by atoms with E-state index < -0.39 is 0 Å². The quantitative estimate of drug-likeness (QED) is 0.179. The van der Waals surface area contributed by atoms with Crippen molar-refractivity contribution < 1.29 is 4.42 Å². The SMILES string of the molecule is Cc1cc(-c2cc3c(cc2Nc2ccc4c(c2)C(C)(C)CCC4(C)C)C(C)(C)CCC3(C)C)c2c(c1)N(c1cc3c(cc1C)C(C)(C)CCC3(C)C)c1c(ccc3oc4ccccc4c13)B2. The van der Waals surface area contributed by atoms with Gasteiger partial charge in [-0.05, 0) is 189 Å². The summed E-state index contributed by atoms with van der Waals surface area (Å²) in [4.78, 5) is 2.66. The van der Waals surface area contributed by atoms with Crippen LogP contribution in [-0.2, 0) is 32.5 Å². The number of furan rings is 1. The van der Waals surface area contributed by atoms with Crippen molar-refractivity contribution in [3.63, 3.8) is 0 Å². The molecule has 1 N–H and O–H groups in total. The molecule has 1 aromatic heterocycles. The van der Waals surface area contributed by atoms with Crippen LogP contribution in [-0.4, -0.2) is 7.28 Å². The van der Waals surface area contributed by atoms with Crippen LogP contribution in [0.1, 0.15) is 166 Å². The Kier molecular flexibility index (Phi) is 9.30. The highest BCUT2D eigenvalue weighted by Crippen LogP contribution is 2.54. The second-order valence-electron chi connectivity index (χ2n) is 25.2. The Balaban J connectivity index is 1.19. The van der Waals surface area contributed by atoms with Crippen LogP contribution < -0.4 is 21.1 Å². The Hall–Kier alpha value is -5.22. The number of para-hydroxylation sites is 1. The number of hydrogen-bond donors (Lipinski definition) is 1. The lowest BCUT2D eigenvalue weighted by Gasteiger charge is -2.44. The molecule has 11 rings (SSSR count). The highest BCUT2D eigenvalue weighted by Gasteiger charge is 2.42. The average Bonchev–Trinajstić information content (AvgIpc) is 3.64. The Labute approximate surface area is 396 Å². The first-order valence-electron chi connectivity index (χ1n) is 25.1. The number of anilines is 5. The van der Waals surface area contributed by atoms with Crippen LogP contribution in [0.3, 0.4) is 0 Å². The van der Waals surface area contributed by atoms with Crippen molar-refractivity contribution in [2.75, 3.05) is 10.2 Å². The third-order valence-corrected chi connectivity index (χ3v) is 17.6. The molecule has 7 aromatic rings. The Morgan fingerprint density at radius 2 is 1.06 bits per heavy atom. The molecular formula is C62H71BN2O. The zero-order valence-corrected chi connectivity index (χ0v) is 42.5. The normalized spacial score (nSPS) is 20.1. The number of rotatable bonds is 4. The van der Waals surface area contributed by atoms with Crippen LogP contribution in [0.4, 0.5) is 28.4 Å². The summed E-state index contributed by atoms with van der Waals surface area (Å²) in [7, 11) is 0.822. The molecule has 66 heavy (non-hydrogen) atoms. The van der Waals surface area contributed by atoms with Crippen molar-refractivity contribution in [2.45, 2.75) is 168 Å². The Morgan fingerprint density at radius 3 is 1.71 bits per heavy atom. The molecule has 2 heterocycles. The monoisotopic (exact) mass is 871 g/mol. The van der Waals surface area contributed by atoms with Gasteiger partial charge in [-0.3, -0.25) is 0 Å². The van der Waals surface area contributed by atoms with E-state index in [1.165, 1.54) is 144 Å². The molecule has 0 atom stereocenters. The van der Waals surface area contributed by atoms with Gasteiger partial charge in [0.15, 0.2) is 7.28 Å². The lowest BCUT2D eigenvalue weighted by molar-refractivity contribution is 0.332. The minimum Gasteiger partial charge on any atom is -0.456 e. The van der Waals surface area contributed by atoms with Crippen LogP contribution >= 0.6 is 0 Å². The van der Waals surface area contributed by atoms with Crippen molar-refractivity contribution in [3.05, 3.63) is 136 Å². The maximum Gasteiger partial charge on any atom is 0.198 e. The second kappa shape index (κ2) is 14.2. The fraction of sp³-hybridized carbons (Fsp3) is 0.419. The minimum absolute atomic E-state index is 0.0524. The van der Waals surface area contributed by atoms with E-state index in [9.17, 15) is 0 Å². The number of nitrogens with one attached hydrogen (secondary N) is 1.